The average Bonchev–Trinajstić information content (AvgIpc) is 3.26. The highest BCUT2D eigenvalue weighted by atomic mass is 79.9. The van der Waals surface area contributed by atoms with Gasteiger partial charge in [0.1, 0.15) is 12.6 Å². The minimum atomic E-state index is -0.791. The minimum Gasteiger partial charge on any atom is -0.493 e. The number of aromatic nitrogens is 1. The normalized spacial score (nSPS) is 14.8. The van der Waals surface area contributed by atoms with Crippen LogP contribution in [0.5, 0.6) is 11.5 Å². The molecule has 0 radical (unpaired) electrons. The third kappa shape index (κ3) is 6.06. The van der Waals surface area contributed by atoms with Crippen LogP contribution >= 0.6 is 50.5 Å². The molecule has 0 saturated carbocycles. The summed E-state index contributed by atoms with van der Waals surface area (Å²) in [6, 6.07) is 17.4. The Labute approximate surface area is 264 Å². The van der Waals surface area contributed by atoms with Gasteiger partial charge in [-0.25, -0.2) is 9.79 Å². The van der Waals surface area contributed by atoms with Gasteiger partial charge in [0.15, 0.2) is 16.3 Å². The molecule has 5 rings (SSSR count). The Morgan fingerprint density at radius 2 is 1.88 bits per heavy atom. The maximum atomic E-state index is 13.9. The Morgan fingerprint density at radius 3 is 2.57 bits per heavy atom. The van der Waals surface area contributed by atoms with Crippen molar-refractivity contribution in [2.45, 2.75) is 26.5 Å². The highest BCUT2D eigenvalue weighted by Crippen LogP contribution is 2.38. The molecule has 42 heavy (non-hydrogen) atoms. The number of ether oxygens (including phenoxy) is 3. The summed E-state index contributed by atoms with van der Waals surface area (Å²) in [4.78, 5) is 32.1. The van der Waals surface area contributed by atoms with Crippen molar-refractivity contribution in [3.05, 3.63) is 123 Å². The second-order valence-electron chi connectivity index (χ2n) is 9.27. The molecule has 216 valence electrons. The van der Waals surface area contributed by atoms with Crippen LogP contribution in [0.15, 0.2) is 86.2 Å². The first-order valence-corrected chi connectivity index (χ1v) is 15.3. The fraction of sp³-hybridized carbons (Fsp3) is 0.194. The summed E-state index contributed by atoms with van der Waals surface area (Å²) in [5.74, 6) is 0.479. The first-order valence-electron chi connectivity index (χ1n) is 12.9. The molecule has 0 spiro atoms. The van der Waals surface area contributed by atoms with Crippen LogP contribution in [0, 0.1) is 0 Å². The van der Waals surface area contributed by atoms with Crippen LogP contribution in [0.1, 0.15) is 36.6 Å². The van der Waals surface area contributed by atoms with E-state index in [2.05, 4.69) is 20.9 Å². The lowest BCUT2D eigenvalue weighted by atomic mass is 9.96. The Kier molecular flexibility index (Phi) is 9.22. The fourth-order valence-electron chi connectivity index (χ4n) is 4.63. The van der Waals surface area contributed by atoms with E-state index in [1.165, 1.54) is 15.9 Å². The van der Waals surface area contributed by atoms with Gasteiger partial charge in [-0.15, -0.1) is 0 Å². The van der Waals surface area contributed by atoms with Gasteiger partial charge in [0.05, 0.1) is 34.0 Å². The van der Waals surface area contributed by atoms with E-state index in [9.17, 15) is 9.59 Å². The number of nitrogens with zero attached hydrogens (tertiary/aromatic N) is 2. The lowest BCUT2D eigenvalue weighted by Crippen LogP contribution is -2.40. The second-order valence-corrected chi connectivity index (χ2v) is 12.0. The van der Waals surface area contributed by atoms with Gasteiger partial charge in [0, 0.05) is 10.0 Å². The molecule has 3 aromatic carbocycles. The highest BCUT2D eigenvalue weighted by molar-refractivity contribution is 9.10. The number of thiazole rings is 1. The Bertz CT molecular complexity index is 1880. The van der Waals surface area contributed by atoms with Crippen LogP contribution in [0.3, 0.4) is 0 Å². The summed E-state index contributed by atoms with van der Waals surface area (Å²) in [5, 5.41) is 1.08. The molecule has 4 aromatic rings. The molecule has 1 atom stereocenters. The summed E-state index contributed by atoms with van der Waals surface area (Å²) < 4.78 is 19.6. The van der Waals surface area contributed by atoms with Crippen LogP contribution in [-0.2, 0) is 16.1 Å². The van der Waals surface area contributed by atoms with E-state index in [-0.39, 0.29) is 17.7 Å². The lowest BCUT2D eigenvalue weighted by Gasteiger charge is -2.25. The van der Waals surface area contributed by atoms with Crippen molar-refractivity contribution in [2.24, 2.45) is 4.99 Å². The van der Waals surface area contributed by atoms with Gasteiger partial charge in [0.2, 0.25) is 0 Å². The van der Waals surface area contributed by atoms with Gasteiger partial charge in [-0.3, -0.25) is 9.36 Å². The van der Waals surface area contributed by atoms with Gasteiger partial charge < -0.3 is 14.2 Å². The number of esters is 1. The van der Waals surface area contributed by atoms with Crippen molar-refractivity contribution in [3.63, 3.8) is 0 Å². The zero-order valence-electron chi connectivity index (χ0n) is 22.8. The summed E-state index contributed by atoms with van der Waals surface area (Å²) in [5.41, 5.74) is 2.70. The largest absolute Gasteiger partial charge is 0.493 e. The molecule has 0 aliphatic carbocycles. The van der Waals surface area contributed by atoms with E-state index in [0.717, 1.165) is 5.56 Å². The highest BCUT2D eigenvalue weighted by Gasteiger charge is 2.34. The number of hydrogen-bond acceptors (Lipinski definition) is 7. The third-order valence-corrected chi connectivity index (χ3v) is 8.73. The van der Waals surface area contributed by atoms with Crippen molar-refractivity contribution in [1.82, 2.24) is 4.57 Å². The lowest BCUT2D eigenvalue weighted by molar-refractivity contribution is -0.139. The Hall–Kier alpha value is -3.37. The van der Waals surface area contributed by atoms with E-state index in [4.69, 9.17) is 37.4 Å². The molecule has 0 fully saturated rings. The number of halogens is 3. The number of methoxy groups -OCH3 is 1. The zero-order chi connectivity index (χ0) is 30.0. The molecule has 0 bridgehead atoms. The van der Waals surface area contributed by atoms with Crippen molar-refractivity contribution < 1.29 is 19.0 Å². The quantitative estimate of drug-likeness (QED) is 0.199. The van der Waals surface area contributed by atoms with Crippen molar-refractivity contribution in [2.75, 3.05) is 13.7 Å². The molecule has 1 aliphatic rings. The van der Waals surface area contributed by atoms with Gasteiger partial charge in [-0.1, -0.05) is 64.9 Å². The molecule has 2 heterocycles. The molecule has 0 amide bonds. The molecule has 0 N–H and O–H groups in total. The van der Waals surface area contributed by atoms with E-state index in [1.54, 1.807) is 63.4 Å². The monoisotopic (exact) mass is 686 g/mol. The predicted molar refractivity (Wildman–Crippen MR) is 168 cm³/mol. The molecule has 1 aromatic heterocycles. The van der Waals surface area contributed by atoms with Crippen molar-refractivity contribution in [3.8, 4) is 11.5 Å². The summed E-state index contributed by atoms with van der Waals surface area (Å²) in [6.45, 7) is 3.96. The standard InChI is InChI=1S/C31H25BrCl2N2O5S/c1-4-40-30(38)26-17(2)35-31-36(27(26)21-7-5-6-8-23(21)34)29(37)25(42-31)15-19-13-22(32)28(24(14-19)39-3)41-16-18-9-11-20(33)12-10-18/h5-15,27H,4,16H2,1-3H3/b25-15-/t27-/m1/s1. The molecule has 7 nitrogen and oxygen atoms in total. The van der Waals surface area contributed by atoms with Crippen LogP contribution in [0.25, 0.3) is 6.08 Å². The third-order valence-electron chi connectivity index (χ3n) is 6.56. The van der Waals surface area contributed by atoms with Crippen LogP contribution in [0.4, 0.5) is 0 Å². The SMILES string of the molecule is CCOC(=O)C1=C(C)N=c2s/c(=C\c3cc(Br)c(OCc4ccc(Cl)cc4)c(OC)c3)c(=O)n2[C@@H]1c1ccccc1Cl. The molecular formula is C31H25BrCl2N2O5S. The van der Waals surface area contributed by atoms with Crippen LogP contribution in [0.2, 0.25) is 10.0 Å². The molecule has 0 saturated heterocycles. The molecular weight excluding hydrogens is 663 g/mol. The summed E-state index contributed by atoms with van der Waals surface area (Å²) >= 11 is 17.4. The number of hydrogen-bond donors (Lipinski definition) is 0. The van der Waals surface area contributed by atoms with E-state index >= 15 is 0 Å². The van der Waals surface area contributed by atoms with Gasteiger partial charge in [0.25, 0.3) is 5.56 Å². The summed E-state index contributed by atoms with van der Waals surface area (Å²) in [6.07, 6.45) is 1.76. The number of rotatable bonds is 8. The van der Waals surface area contributed by atoms with E-state index in [0.29, 0.717) is 58.8 Å². The number of benzene rings is 3. The fourth-order valence-corrected chi connectivity index (χ4v) is 6.62. The number of allylic oxidation sites excluding steroid dienone is 1. The maximum Gasteiger partial charge on any atom is 0.338 e. The Morgan fingerprint density at radius 1 is 1.14 bits per heavy atom. The van der Waals surface area contributed by atoms with Gasteiger partial charge in [-0.2, -0.15) is 0 Å². The average molecular weight is 688 g/mol. The molecule has 1 aliphatic heterocycles. The minimum absolute atomic E-state index is 0.186. The first-order chi connectivity index (χ1) is 20.2. The number of carbonyl (C=O) groups is 1. The van der Waals surface area contributed by atoms with Crippen LogP contribution in [-0.4, -0.2) is 24.3 Å². The number of carbonyl (C=O) groups excluding carboxylic acids is 1. The van der Waals surface area contributed by atoms with Crippen LogP contribution < -0.4 is 24.4 Å². The van der Waals surface area contributed by atoms with Gasteiger partial charge in [-0.05, 0) is 82.9 Å². The predicted octanol–water partition coefficient (Wildman–Crippen LogP) is 6.46. The number of fused-ring (bicyclic) bond motifs is 1. The Balaban J connectivity index is 1.58. The topological polar surface area (TPSA) is 79.1 Å². The smallest absolute Gasteiger partial charge is 0.338 e. The molecule has 0 unspecified atom stereocenters. The van der Waals surface area contributed by atoms with E-state index in [1.807, 2.05) is 24.3 Å². The zero-order valence-corrected chi connectivity index (χ0v) is 26.7. The second kappa shape index (κ2) is 12.9. The van der Waals surface area contributed by atoms with Gasteiger partial charge >= 0.3 is 5.97 Å². The maximum absolute atomic E-state index is 13.9. The summed E-state index contributed by atoms with van der Waals surface area (Å²) in [7, 11) is 1.55. The first kappa shape index (κ1) is 30.1. The van der Waals surface area contributed by atoms with Crippen molar-refractivity contribution >= 4 is 62.5 Å². The van der Waals surface area contributed by atoms with E-state index < -0.39 is 12.0 Å². The molecule has 11 heteroatoms. The van der Waals surface area contributed by atoms with Crippen molar-refractivity contribution in [1.29, 1.82) is 0 Å².